The minimum Gasteiger partial charge on any atom is -0.493 e. The predicted octanol–water partition coefficient (Wildman–Crippen LogP) is 1.69. The number of carbonyl (C=O) groups is 2. The summed E-state index contributed by atoms with van der Waals surface area (Å²) in [5, 5.41) is 4.36. The summed E-state index contributed by atoms with van der Waals surface area (Å²) in [4.78, 5) is 35.3. The molecule has 0 unspecified atom stereocenters. The van der Waals surface area contributed by atoms with Gasteiger partial charge in [0.25, 0.3) is 0 Å². The lowest BCUT2D eigenvalue weighted by Gasteiger charge is -2.12. The van der Waals surface area contributed by atoms with Gasteiger partial charge in [-0.05, 0) is 6.07 Å². The summed E-state index contributed by atoms with van der Waals surface area (Å²) < 4.78 is 16.3. The molecule has 1 heterocycles. The summed E-state index contributed by atoms with van der Waals surface area (Å²) in [6.07, 6.45) is 0. The lowest BCUT2D eigenvalue weighted by atomic mass is 10.2. The van der Waals surface area contributed by atoms with Crippen molar-refractivity contribution in [1.29, 1.82) is 0 Å². The van der Waals surface area contributed by atoms with Crippen LogP contribution >= 0.6 is 11.8 Å². The molecule has 24 heavy (non-hydrogen) atoms. The number of rotatable bonds is 5. The first-order chi connectivity index (χ1) is 11.4. The largest absolute Gasteiger partial charge is 0.493 e. The molecule has 0 amide bonds. The average molecular weight is 352 g/mol. The van der Waals surface area contributed by atoms with Crippen LogP contribution in [0.1, 0.15) is 18.6 Å². The van der Waals surface area contributed by atoms with Gasteiger partial charge in [0, 0.05) is 19.9 Å². The van der Waals surface area contributed by atoms with Crippen molar-refractivity contribution < 1.29 is 23.8 Å². The number of esters is 1. The third kappa shape index (κ3) is 3.51. The van der Waals surface area contributed by atoms with Crippen molar-refractivity contribution in [3.05, 3.63) is 22.4 Å². The van der Waals surface area contributed by atoms with Crippen molar-refractivity contribution in [3.8, 4) is 11.5 Å². The van der Waals surface area contributed by atoms with E-state index in [-0.39, 0.29) is 27.7 Å². The monoisotopic (exact) mass is 352 g/mol. The molecule has 0 saturated carbocycles. The first kappa shape index (κ1) is 17.8. The zero-order chi connectivity index (χ0) is 17.9. The molecule has 0 spiro atoms. The molecular weight excluding hydrogens is 336 g/mol. The fourth-order valence-corrected chi connectivity index (χ4v) is 2.75. The molecule has 0 fully saturated rings. The fourth-order valence-electron chi connectivity index (χ4n) is 2.03. The number of hydrogen-bond donors (Lipinski definition) is 0. The zero-order valence-corrected chi connectivity index (χ0v) is 14.4. The molecule has 0 aliphatic heterocycles. The van der Waals surface area contributed by atoms with Gasteiger partial charge in [0.15, 0.2) is 16.5 Å². The highest BCUT2D eigenvalue weighted by Gasteiger charge is 2.17. The average Bonchev–Trinajstić information content (AvgIpc) is 2.55. The second kappa shape index (κ2) is 7.35. The Bertz CT molecular complexity index is 861. The number of thioether (sulfide) groups is 1. The summed E-state index contributed by atoms with van der Waals surface area (Å²) in [7, 11) is 2.90. The number of aromatic nitrogens is 2. The molecule has 1 aromatic heterocycles. The second-order valence-corrected chi connectivity index (χ2v) is 5.60. The molecule has 0 aliphatic carbocycles. The van der Waals surface area contributed by atoms with Crippen LogP contribution in [0.4, 0.5) is 0 Å². The summed E-state index contributed by atoms with van der Waals surface area (Å²) >= 11 is 0.933. The Morgan fingerprint density at radius 1 is 1.17 bits per heavy atom. The quantitative estimate of drug-likeness (QED) is 0.456. The van der Waals surface area contributed by atoms with Gasteiger partial charge < -0.3 is 14.2 Å². The Morgan fingerprint density at radius 2 is 1.79 bits per heavy atom. The van der Waals surface area contributed by atoms with E-state index in [1.165, 1.54) is 40.2 Å². The van der Waals surface area contributed by atoms with Crippen LogP contribution in [0.15, 0.2) is 22.0 Å². The number of hydrogen-bond acceptors (Lipinski definition) is 8. The number of nitrogens with zero attached hydrogens (tertiary/aromatic N) is 2. The third-order valence-corrected chi connectivity index (χ3v) is 3.89. The van der Waals surface area contributed by atoms with Crippen molar-refractivity contribution in [2.24, 2.45) is 0 Å². The second-order valence-electron chi connectivity index (χ2n) is 4.69. The van der Waals surface area contributed by atoms with Crippen molar-refractivity contribution in [3.63, 3.8) is 0 Å². The maximum absolute atomic E-state index is 12.6. The molecule has 0 atom stereocenters. The molecule has 0 radical (unpaired) electrons. The number of methoxy groups -OCH3 is 2. The van der Waals surface area contributed by atoms with Crippen LogP contribution in [0.2, 0.25) is 0 Å². The van der Waals surface area contributed by atoms with E-state index < -0.39 is 5.97 Å². The summed E-state index contributed by atoms with van der Waals surface area (Å²) in [6, 6.07) is 3.01. The Kier molecular flexibility index (Phi) is 5.45. The van der Waals surface area contributed by atoms with Gasteiger partial charge in [0.1, 0.15) is 5.94 Å². The van der Waals surface area contributed by atoms with E-state index in [2.05, 4.69) is 5.10 Å². The van der Waals surface area contributed by atoms with Crippen molar-refractivity contribution in [1.82, 2.24) is 9.78 Å². The Labute approximate surface area is 141 Å². The van der Waals surface area contributed by atoms with E-state index in [9.17, 15) is 14.4 Å². The van der Waals surface area contributed by atoms with Crippen molar-refractivity contribution in [2.45, 2.75) is 18.9 Å². The Hall–Kier alpha value is -2.55. The highest BCUT2D eigenvalue weighted by molar-refractivity contribution is 7.99. The zero-order valence-electron chi connectivity index (χ0n) is 13.6. The first-order valence-corrected chi connectivity index (χ1v) is 7.83. The fraction of sp³-hybridized carbons (Fsp3) is 0.333. The molecule has 1 aromatic carbocycles. The summed E-state index contributed by atoms with van der Waals surface area (Å²) in [6.45, 7) is 2.59. The van der Waals surface area contributed by atoms with Gasteiger partial charge in [-0.2, -0.15) is 9.78 Å². The van der Waals surface area contributed by atoms with Crippen LogP contribution in [0.3, 0.4) is 0 Å². The number of benzene rings is 1. The lowest BCUT2D eigenvalue weighted by molar-refractivity contribution is -0.138. The van der Waals surface area contributed by atoms with Gasteiger partial charge in [0.2, 0.25) is 11.3 Å². The summed E-state index contributed by atoms with van der Waals surface area (Å²) in [5.74, 6) is -0.183. The van der Waals surface area contributed by atoms with Gasteiger partial charge in [-0.3, -0.25) is 14.4 Å². The third-order valence-electron chi connectivity index (χ3n) is 3.12. The normalized spacial score (nSPS) is 10.5. The van der Waals surface area contributed by atoms with E-state index in [0.717, 1.165) is 16.4 Å². The van der Waals surface area contributed by atoms with Crippen LogP contribution in [0.5, 0.6) is 11.5 Å². The molecule has 8 nitrogen and oxygen atoms in total. The SMILES string of the molecule is COc1cc2c(=O)c(SCOC(C)=O)nn(C(C)=O)c2cc1OC. The highest BCUT2D eigenvalue weighted by Crippen LogP contribution is 2.31. The van der Waals surface area contributed by atoms with Crippen molar-refractivity contribution in [2.75, 3.05) is 20.2 Å². The minimum atomic E-state index is -0.471. The molecule has 0 aliphatic rings. The van der Waals surface area contributed by atoms with Gasteiger partial charge >= 0.3 is 5.97 Å². The smallest absolute Gasteiger partial charge is 0.303 e. The molecule has 128 valence electrons. The van der Waals surface area contributed by atoms with Gasteiger partial charge in [-0.1, -0.05) is 11.8 Å². The maximum Gasteiger partial charge on any atom is 0.303 e. The number of fused-ring (bicyclic) bond motifs is 1. The van der Waals surface area contributed by atoms with E-state index in [1.54, 1.807) is 0 Å². The van der Waals surface area contributed by atoms with Crippen LogP contribution in [0, 0.1) is 0 Å². The predicted molar refractivity (Wildman–Crippen MR) is 87.9 cm³/mol. The van der Waals surface area contributed by atoms with Crippen LogP contribution in [-0.2, 0) is 9.53 Å². The Morgan fingerprint density at radius 3 is 2.33 bits per heavy atom. The highest BCUT2D eigenvalue weighted by atomic mass is 32.2. The van der Waals surface area contributed by atoms with Gasteiger partial charge in [-0.25, -0.2) is 0 Å². The molecule has 0 saturated heterocycles. The van der Waals surface area contributed by atoms with Gasteiger partial charge in [0.05, 0.1) is 25.1 Å². The topological polar surface area (TPSA) is 96.7 Å². The van der Waals surface area contributed by atoms with E-state index in [1.807, 2.05) is 0 Å². The van der Waals surface area contributed by atoms with E-state index >= 15 is 0 Å². The molecular formula is C15H16N2O6S. The number of carbonyl (C=O) groups excluding carboxylic acids is 2. The van der Waals surface area contributed by atoms with Crippen LogP contribution in [-0.4, -0.2) is 41.8 Å². The van der Waals surface area contributed by atoms with E-state index in [0.29, 0.717) is 17.0 Å². The molecule has 0 N–H and O–H groups in total. The minimum absolute atomic E-state index is 0.0474. The molecule has 2 aromatic rings. The maximum atomic E-state index is 12.6. The van der Waals surface area contributed by atoms with Crippen LogP contribution < -0.4 is 14.9 Å². The van der Waals surface area contributed by atoms with Gasteiger partial charge in [-0.15, -0.1) is 0 Å². The van der Waals surface area contributed by atoms with E-state index in [4.69, 9.17) is 14.2 Å². The molecule has 0 bridgehead atoms. The summed E-state index contributed by atoms with van der Waals surface area (Å²) in [5.41, 5.74) is -0.0809. The van der Waals surface area contributed by atoms with Crippen LogP contribution in [0.25, 0.3) is 10.9 Å². The molecule has 9 heteroatoms. The number of ether oxygens (including phenoxy) is 3. The standard InChI is InChI=1S/C15H16N2O6S/c1-8(18)17-11-6-13(22-4)12(21-3)5-10(11)14(20)15(16-17)24-7-23-9(2)19/h5-6H,7H2,1-4H3. The Balaban J connectivity index is 2.66. The first-order valence-electron chi connectivity index (χ1n) is 6.85. The van der Waals surface area contributed by atoms with Crippen molar-refractivity contribution >= 4 is 34.5 Å². The lowest BCUT2D eigenvalue weighted by Crippen LogP contribution is -2.20. The molecule has 2 rings (SSSR count).